The first kappa shape index (κ1) is 19.5. The molecule has 88 valence electrons. The van der Waals surface area contributed by atoms with Crippen LogP contribution in [0.4, 0.5) is 0 Å². The van der Waals surface area contributed by atoms with Crippen LogP contribution in [0.25, 0.3) is 0 Å². The fourth-order valence-corrected chi connectivity index (χ4v) is 0.572. The largest absolute Gasteiger partial charge is 2.00 e. The number of carbonyl (C=O) groups is 2. The summed E-state index contributed by atoms with van der Waals surface area (Å²) in [5.41, 5.74) is 0. The molecule has 0 saturated heterocycles. The molecule has 0 aromatic carbocycles. The molecule has 0 atom stereocenters. The maximum absolute atomic E-state index is 9.98. The molecule has 0 saturated carbocycles. The van der Waals surface area contributed by atoms with Gasteiger partial charge < -0.3 is 10.2 Å². The Morgan fingerprint density at radius 1 is 0.800 bits per heavy atom. The van der Waals surface area contributed by atoms with Gasteiger partial charge in [-0.25, -0.2) is 0 Å². The number of hydrogen-bond acceptors (Lipinski definition) is 4. The van der Waals surface area contributed by atoms with Gasteiger partial charge in [-0.3, -0.25) is 9.59 Å². The Morgan fingerprint density at radius 2 is 1.00 bits per heavy atom. The van der Waals surface area contributed by atoms with Crippen LogP contribution in [0.15, 0.2) is 23.7 Å². The van der Waals surface area contributed by atoms with Crippen molar-refractivity contribution in [3.05, 3.63) is 23.7 Å². The molecule has 4 nitrogen and oxygen atoms in total. The summed E-state index contributed by atoms with van der Waals surface area (Å²) in [5.74, 6) is -0.750. The van der Waals surface area contributed by atoms with Crippen LogP contribution in [-0.4, -0.2) is 11.6 Å². The number of hydrogen-bond donors (Lipinski definition) is 0. The molecule has 0 unspecified atom stereocenters. The van der Waals surface area contributed by atoms with Gasteiger partial charge in [-0.05, 0) is 26.0 Å². The minimum Gasteiger partial charge on any atom is -0.876 e. The maximum atomic E-state index is 9.98. The van der Waals surface area contributed by atoms with Gasteiger partial charge in [-0.1, -0.05) is 13.8 Å². The first-order valence-corrected chi connectivity index (χ1v) is 3.97. The molecular weight excluding hydrogens is 243 g/mol. The van der Waals surface area contributed by atoms with Crippen molar-refractivity contribution in [3.8, 4) is 0 Å². The Balaban J connectivity index is -0.000000180. The number of carbonyl (C=O) groups excluding carboxylic acids is 2. The van der Waals surface area contributed by atoms with Crippen molar-refractivity contribution in [2.75, 3.05) is 0 Å². The van der Waals surface area contributed by atoms with Gasteiger partial charge in [0.15, 0.2) is 11.6 Å². The molecule has 0 aliphatic carbocycles. The van der Waals surface area contributed by atoms with Gasteiger partial charge in [-0.2, -0.15) is 0 Å². The van der Waals surface area contributed by atoms with Crippen LogP contribution < -0.4 is 10.2 Å². The minimum absolute atomic E-state index is 0. The van der Waals surface area contributed by atoms with Gasteiger partial charge in [0.1, 0.15) is 0 Å². The normalized spacial score (nSPS) is 10.7. The van der Waals surface area contributed by atoms with Crippen LogP contribution in [0.1, 0.15) is 27.7 Å². The Labute approximate surface area is 99.6 Å². The third-order valence-corrected chi connectivity index (χ3v) is 0.813. The quantitative estimate of drug-likeness (QED) is 0.385. The zero-order valence-electron chi connectivity index (χ0n) is 9.10. The molecule has 5 heteroatoms. The molecule has 0 bridgehead atoms. The zero-order chi connectivity index (χ0) is 11.7. The fraction of sp³-hybridized carbons (Fsp3) is 0.400. The van der Waals surface area contributed by atoms with E-state index in [4.69, 9.17) is 0 Å². The summed E-state index contributed by atoms with van der Waals surface area (Å²) in [4.78, 5) is 20.0. The van der Waals surface area contributed by atoms with E-state index in [2.05, 4.69) is 0 Å². The van der Waals surface area contributed by atoms with E-state index >= 15 is 0 Å². The van der Waals surface area contributed by atoms with E-state index in [1.807, 2.05) is 0 Å². The molecule has 0 aliphatic heterocycles. The van der Waals surface area contributed by atoms with Crippen molar-refractivity contribution in [1.82, 2.24) is 0 Å². The predicted octanol–water partition coefficient (Wildman–Crippen LogP) is -0.324. The van der Waals surface area contributed by atoms with Crippen molar-refractivity contribution >= 4 is 11.6 Å². The number of ketones is 2. The van der Waals surface area contributed by atoms with Gasteiger partial charge in [-0.15, -0.1) is 11.5 Å². The molecule has 0 spiro atoms. The number of rotatable bonds is 2. The summed E-state index contributed by atoms with van der Waals surface area (Å²) in [6, 6.07) is 0. The molecule has 15 heavy (non-hydrogen) atoms. The summed E-state index contributed by atoms with van der Waals surface area (Å²) in [7, 11) is 0. The summed E-state index contributed by atoms with van der Waals surface area (Å²) < 4.78 is 0. The van der Waals surface area contributed by atoms with Crippen molar-refractivity contribution in [1.29, 1.82) is 0 Å². The number of allylic oxidation sites excluding steroid dienone is 4. The third kappa shape index (κ3) is 32.2. The molecular formula is C10H14NiO4. The van der Waals surface area contributed by atoms with E-state index in [9.17, 15) is 19.8 Å². The summed E-state index contributed by atoms with van der Waals surface area (Å²) >= 11 is 0. The SMILES string of the molecule is CC(=O)C=C(C)[O-].CC(=O)C=C(C)[O-].[Ni+2]. The monoisotopic (exact) mass is 256 g/mol. The van der Waals surface area contributed by atoms with Gasteiger partial charge >= 0.3 is 16.5 Å². The van der Waals surface area contributed by atoms with Crippen molar-refractivity contribution in [2.45, 2.75) is 27.7 Å². The van der Waals surface area contributed by atoms with Crippen LogP contribution in [0.3, 0.4) is 0 Å². The van der Waals surface area contributed by atoms with Crippen LogP contribution in [-0.2, 0) is 26.1 Å². The Morgan fingerprint density at radius 3 is 1.00 bits per heavy atom. The molecule has 0 heterocycles. The Kier molecular flexibility index (Phi) is 14.3. The van der Waals surface area contributed by atoms with Gasteiger partial charge in [0, 0.05) is 0 Å². The average Bonchev–Trinajstić information content (AvgIpc) is 1.79. The molecule has 0 aromatic heterocycles. The fourth-order valence-electron chi connectivity index (χ4n) is 0.572. The van der Waals surface area contributed by atoms with Gasteiger partial charge in [0.2, 0.25) is 0 Å². The van der Waals surface area contributed by atoms with Gasteiger partial charge in [0.25, 0.3) is 0 Å². The zero-order valence-corrected chi connectivity index (χ0v) is 10.1. The average molecular weight is 257 g/mol. The van der Waals surface area contributed by atoms with E-state index in [0.29, 0.717) is 0 Å². The molecule has 0 aromatic rings. The second-order valence-electron chi connectivity index (χ2n) is 2.73. The Bertz CT molecular complexity index is 231. The van der Waals surface area contributed by atoms with E-state index in [0.717, 1.165) is 12.2 Å². The van der Waals surface area contributed by atoms with Crippen molar-refractivity contribution in [3.63, 3.8) is 0 Å². The molecule has 0 radical (unpaired) electrons. The van der Waals surface area contributed by atoms with Crippen molar-refractivity contribution < 1.29 is 36.3 Å². The van der Waals surface area contributed by atoms with E-state index in [1.165, 1.54) is 27.7 Å². The molecule has 0 amide bonds. The molecule has 0 aliphatic rings. The molecule has 0 rings (SSSR count). The molecule has 0 fully saturated rings. The standard InChI is InChI=1S/2C5H8O2.Ni/c2*1-4(6)3-5(2)7;/h2*3,6H,1-2H3;/q;;+2/p-2. The third-order valence-electron chi connectivity index (χ3n) is 0.813. The van der Waals surface area contributed by atoms with Gasteiger partial charge in [0.05, 0.1) is 0 Å². The van der Waals surface area contributed by atoms with Crippen LogP contribution in [0.5, 0.6) is 0 Å². The second kappa shape index (κ2) is 11.0. The maximum Gasteiger partial charge on any atom is 2.00 e. The summed E-state index contributed by atoms with van der Waals surface area (Å²) in [5, 5.41) is 20.0. The van der Waals surface area contributed by atoms with Crippen LogP contribution >= 0.6 is 0 Å². The molecule has 0 N–H and O–H groups in total. The second-order valence-corrected chi connectivity index (χ2v) is 2.73. The van der Waals surface area contributed by atoms with E-state index in [-0.39, 0.29) is 39.6 Å². The predicted molar refractivity (Wildman–Crippen MR) is 48.9 cm³/mol. The smallest absolute Gasteiger partial charge is 0.876 e. The van der Waals surface area contributed by atoms with Crippen LogP contribution in [0.2, 0.25) is 0 Å². The Hall–Kier alpha value is -1.09. The summed E-state index contributed by atoms with van der Waals surface area (Å²) in [6.45, 7) is 5.39. The summed E-state index contributed by atoms with van der Waals surface area (Å²) in [6.07, 6.45) is 2.11. The van der Waals surface area contributed by atoms with E-state index < -0.39 is 0 Å². The van der Waals surface area contributed by atoms with Crippen LogP contribution in [0, 0.1) is 0 Å². The first-order valence-electron chi connectivity index (χ1n) is 3.97. The minimum atomic E-state index is -0.187. The van der Waals surface area contributed by atoms with Crippen molar-refractivity contribution in [2.24, 2.45) is 0 Å². The topological polar surface area (TPSA) is 80.3 Å². The van der Waals surface area contributed by atoms with E-state index in [1.54, 1.807) is 0 Å². The first-order chi connectivity index (χ1) is 6.25.